The number of hydrogen-bond acceptors (Lipinski definition) is 4. The molecule has 0 amide bonds. The Morgan fingerprint density at radius 2 is 1.67 bits per heavy atom. The van der Waals surface area contributed by atoms with Gasteiger partial charge in [0.15, 0.2) is 11.5 Å². The van der Waals surface area contributed by atoms with Crippen LogP contribution in [0.2, 0.25) is 0 Å². The number of rotatable bonds is 6. The first kappa shape index (κ1) is 15.0. The van der Waals surface area contributed by atoms with E-state index in [0.29, 0.717) is 6.54 Å². The number of methoxy groups -OCH3 is 3. The molecule has 1 N–H and O–H groups in total. The molecule has 2 aromatic carbocycles. The van der Waals surface area contributed by atoms with E-state index in [1.807, 2.05) is 43.3 Å². The lowest BCUT2D eigenvalue weighted by Crippen LogP contribution is -2.04. The Morgan fingerprint density at radius 3 is 2.33 bits per heavy atom. The van der Waals surface area contributed by atoms with Gasteiger partial charge in [0, 0.05) is 12.1 Å². The number of aryl methyl sites for hydroxylation is 1. The van der Waals surface area contributed by atoms with Crippen LogP contribution in [0, 0.1) is 6.92 Å². The summed E-state index contributed by atoms with van der Waals surface area (Å²) >= 11 is 0. The zero-order valence-corrected chi connectivity index (χ0v) is 12.9. The fourth-order valence-electron chi connectivity index (χ4n) is 2.23. The molecule has 2 rings (SSSR count). The van der Waals surface area contributed by atoms with Gasteiger partial charge in [0.05, 0.1) is 27.0 Å². The molecule has 0 atom stereocenters. The van der Waals surface area contributed by atoms with Gasteiger partial charge in [-0.3, -0.25) is 0 Å². The number of nitrogens with one attached hydrogen (secondary N) is 1. The molecule has 0 radical (unpaired) electrons. The molecule has 0 spiro atoms. The Hall–Kier alpha value is -2.36. The Labute approximate surface area is 125 Å². The third kappa shape index (κ3) is 3.40. The molecule has 0 aliphatic heterocycles. The van der Waals surface area contributed by atoms with E-state index >= 15 is 0 Å². The van der Waals surface area contributed by atoms with Crippen molar-refractivity contribution in [3.05, 3.63) is 47.5 Å². The standard InChI is InChI=1S/C17H21NO3/c1-12-8-9-14(16(10-12)20-3)18-11-13-6-5-7-15(19-2)17(13)21-4/h5-10,18H,11H2,1-4H3. The number of para-hydroxylation sites is 1. The molecule has 4 nitrogen and oxygen atoms in total. The number of hydrogen-bond donors (Lipinski definition) is 1. The summed E-state index contributed by atoms with van der Waals surface area (Å²) in [6.45, 7) is 2.66. The lowest BCUT2D eigenvalue weighted by molar-refractivity contribution is 0.352. The van der Waals surface area contributed by atoms with E-state index in [0.717, 1.165) is 34.1 Å². The van der Waals surface area contributed by atoms with Gasteiger partial charge in [0.2, 0.25) is 0 Å². The Kier molecular flexibility index (Phi) is 4.93. The van der Waals surface area contributed by atoms with Crippen LogP contribution in [0.15, 0.2) is 36.4 Å². The van der Waals surface area contributed by atoms with E-state index in [2.05, 4.69) is 5.32 Å². The third-order valence-electron chi connectivity index (χ3n) is 3.31. The second-order valence-corrected chi connectivity index (χ2v) is 4.71. The summed E-state index contributed by atoms with van der Waals surface area (Å²) in [4.78, 5) is 0. The van der Waals surface area contributed by atoms with Crippen molar-refractivity contribution < 1.29 is 14.2 Å². The lowest BCUT2D eigenvalue weighted by atomic mass is 10.1. The summed E-state index contributed by atoms with van der Waals surface area (Å²) in [5, 5.41) is 3.37. The molecule has 0 heterocycles. The largest absolute Gasteiger partial charge is 0.495 e. The van der Waals surface area contributed by atoms with Crippen LogP contribution in [0.1, 0.15) is 11.1 Å². The van der Waals surface area contributed by atoms with Crippen molar-refractivity contribution in [3.63, 3.8) is 0 Å². The highest BCUT2D eigenvalue weighted by Gasteiger charge is 2.10. The van der Waals surface area contributed by atoms with Crippen LogP contribution in [-0.4, -0.2) is 21.3 Å². The lowest BCUT2D eigenvalue weighted by Gasteiger charge is -2.15. The van der Waals surface area contributed by atoms with E-state index in [4.69, 9.17) is 14.2 Å². The fraction of sp³-hybridized carbons (Fsp3) is 0.294. The second kappa shape index (κ2) is 6.88. The summed E-state index contributed by atoms with van der Waals surface area (Å²) in [5.74, 6) is 2.31. The van der Waals surface area contributed by atoms with Crippen LogP contribution in [-0.2, 0) is 6.54 Å². The van der Waals surface area contributed by atoms with Gasteiger partial charge in [-0.2, -0.15) is 0 Å². The summed E-state index contributed by atoms with van der Waals surface area (Å²) in [7, 11) is 4.96. The van der Waals surface area contributed by atoms with Crippen LogP contribution in [0.25, 0.3) is 0 Å². The third-order valence-corrected chi connectivity index (χ3v) is 3.31. The minimum Gasteiger partial charge on any atom is -0.495 e. The first-order valence-electron chi connectivity index (χ1n) is 6.78. The van der Waals surface area contributed by atoms with Crippen molar-refractivity contribution >= 4 is 5.69 Å². The fourth-order valence-corrected chi connectivity index (χ4v) is 2.23. The summed E-state index contributed by atoms with van der Waals surface area (Å²) in [6.07, 6.45) is 0. The molecule has 0 saturated heterocycles. The van der Waals surface area contributed by atoms with E-state index in [9.17, 15) is 0 Å². The van der Waals surface area contributed by atoms with Gasteiger partial charge in [-0.1, -0.05) is 18.2 Å². The highest BCUT2D eigenvalue weighted by molar-refractivity contribution is 5.58. The zero-order valence-electron chi connectivity index (χ0n) is 12.9. The minimum atomic E-state index is 0.625. The van der Waals surface area contributed by atoms with E-state index < -0.39 is 0 Å². The van der Waals surface area contributed by atoms with E-state index in [-0.39, 0.29) is 0 Å². The zero-order chi connectivity index (χ0) is 15.2. The van der Waals surface area contributed by atoms with Crippen molar-refractivity contribution in [1.29, 1.82) is 0 Å². The van der Waals surface area contributed by atoms with Gasteiger partial charge in [-0.15, -0.1) is 0 Å². The predicted octanol–water partition coefficient (Wildman–Crippen LogP) is 3.63. The first-order valence-corrected chi connectivity index (χ1v) is 6.78. The molecule has 0 aliphatic carbocycles. The van der Waals surface area contributed by atoms with E-state index in [1.165, 1.54) is 0 Å². The molecule has 0 unspecified atom stereocenters. The maximum Gasteiger partial charge on any atom is 0.165 e. The van der Waals surface area contributed by atoms with Gasteiger partial charge in [-0.25, -0.2) is 0 Å². The summed E-state index contributed by atoms with van der Waals surface area (Å²) in [5.41, 5.74) is 3.14. The Balaban J connectivity index is 2.20. The van der Waals surface area contributed by atoms with Gasteiger partial charge < -0.3 is 19.5 Å². The highest BCUT2D eigenvalue weighted by Crippen LogP contribution is 2.32. The smallest absolute Gasteiger partial charge is 0.165 e. The molecule has 4 heteroatoms. The van der Waals surface area contributed by atoms with Crippen LogP contribution in [0.3, 0.4) is 0 Å². The van der Waals surface area contributed by atoms with Gasteiger partial charge >= 0.3 is 0 Å². The molecular formula is C17H21NO3. The maximum absolute atomic E-state index is 5.44. The Bertz CT molecular complexity index is 611. The van der Waals surface area contributed by atoms with Gasteiger partial charge in [0.1, 0.15) is 5.75 Å². The van der Waals surface area contributed by atoms with Crippen molar-refractivity contribution in [3.8, 4) is 17.2 Å². The summed E-state index contributed by atoms with van der Waals surface area (Å²) in [6, 6.07) is 11.9. The number of ether oxygens (including phenoxy) is 3. The van der Waals surface area contributed by atoms with Gasteiger partial charge in [-0.05, 0) is 30.7 Å². The highest BCUT2D eigenvalue weighted by atomic mass is 16.5. The minimum absolute atomic E-state index is 0.625. The van der Waals surface area contributed by atoms with Crippen LogP contribution < -0.4 is 19.5 Å². The topological polar surface area (TPSA) is 39.7 Å². The maximum atomic E-state index is 5.44. The van der Waals surface area contributed by atoms with Crippen molar-refractivity contribution in [2.24, 2.45) is 0 Å². The monoisotopic (exact) mass is 287 g/mol. The molecule has 0 aliphatic rings. The predicted molar refractivity (Wildman–Crippen MR) is 84.6 cm³/mol. The average Bonchev–Trinajstić information content (AvgIpc) is 2.52. The first-order chi connectivity index (χ1) is 10.2. The van der Waals surface area contributed by atoms with Crippen LogP contribution in [0.5, 0.6) is 17.2 Å². The number of anilines is 1. The molecule has 2 aromatic rings. The van der Waals surface area contributed by atoms with Crippen molar-refractivity contribution in [2.45, 2.75) is 13.5 Å². The molecular weight excluding hydrogens is 266 g/mol. The van der Waals surface area contributed by atoms with E-state index in [1.54, 1.807) is 21.3 Å². The van der Waals surface area contributed by atoms with Crippen LogP contribution >= 0.6 is 0 Å². The molecule has 21 heavy (non-hydrogen) atoms. The molecule has 0 aromatic heterocycles. The molecule has 0 bridgehead atoms. The average molecular weight is 287 g/mol. The molecule has 0 saturated carbocycles. The normalized spacial score (nSPS) is 10.1. The summed E-state index contributed by atoms with van der Waals surface area (Å²) < 4.78 is 16.1. The Morgan fingerprint density at radius 1 is 0.905 bits per heavy atom. The number of benzene rings is 2. The SMILES string of the molecule is COc1cc(C)ccc1NCc1cccc(OC)c1OC. The molecule has 112 valence electrons. The van der Waals surface area contributed by atoms with Crippen molar-refractivity contribution in [1.82, 2.24) is 0 Å². The molecule has 0 fully saturated rings. The van der Waals surface area contributed by atoms with Crippen molar-refractivity contribution in [2.75, 3.05) is 26.6 Å². The quantitative estimate of drug-likeness (QED) is 0.880. The van der Waals surface area contributed by atoms with Crippen LogP contribution in [0.4, 0.5) is 5.69 Å². The van der Waals surface area contributed by atoms with Gasteiger partial charge in [0.25, 0.3) is 0 Å². The second-order valence-electron chi connectivity index (χ2n) is 4.71.